The molecule has 0 rings (SSSR count). The van der Waals surface area contributed by atoms with Crippen molar-refractivity contribution in [1.82, 2.24) is 0 Å². The van der Waals surface area contributed by atoms with Crippen LogP contribution in [0.15, 0.2) is 0 Å². The maximum atomic E-state index is 11.7. The molecule has 0 aliphatic heterocycles. The molecule has 0 N–H and O–H groups in total. The molecule has 0 unspecified atom stereocenters. The molecule has 0 aliphatic carbocycles. The summed E-state index contributed by atoms with van der Waals surface area (Å²) in [5.74, 6) is 0. The van der Waals surface area contributed by atoms with Gasteiger partial charge in [-0.15, -0.1) is 0 Å². The van der Waals surface area contributed by atoms with Crippen LogP contribution < -0.4 is 0 Å². The molecule has 0 amide bonds. The van der Waals surface area contributed by atoms with Crippen LogP contribution in [0.3, 0.4) is 0 Å². The van der Waals surface area contributed by atoms with Crippen LogP contribution in [-0.4, -0.2) is 21.6 Å². The molecule has 0 aromatic rings. The highest BCUT2D eigenvalue weighted by Crippen LogP contribution is 2.12. The topological polar surface area (TPSA) is 52.6 Å². The van der Waals surface area contributed by atoms with Gasteiger partial charge in [-0.2, -0.15) is 8.42 Å². The maximum Gasteiger partial charge on any atom is 0.399 e. The largest absolute Gasteiger partial charge is 0.399 e. The Balaban J connectivity index is 3.31. The quantitative estimate of drug-likeness (QED) is 0.144. The molecule has 5 heteroatoms. The Hall–Kier alpha value is -0.130. The van der Waals surface area contributed by atoms with Crippen LogP contribution in [0, 0.1) is 0 Å². The number of hydrogen-bond donors (Lipinski definition) is 0. The van der Waals surface area contributed by atoms with Crippen molar-refractivity contribution in [2.24, 2.45) is 0 Å². The molecular formula is C24H50O4S. The van der Waals surface area contributed by atoms with Crippen molar-refractivity contribution in [1.29, 1.82) is 0 Å². The van der Waals surface area contributed by atoms with Gasteiger partial charge in [0.05, 0.1) is 13.2 Å². The van der Waals surface area contributed by atoms with Gasteiger partial charge in [-0.3, -0.25) is 0 Å². The van der Waals surface area contributed by atoms with E-state index in [0.717, 1.165) is 32.1 Å². The summed E-state index contributed by atoms with van der Waals surface area (Å²) in [7, 11) is -3.80. The molecule has 176 valence electrons. The summed E-state index contributed by atoms with van der Waals surface area (Å²) in [5.41, 5.74) is 0. The first kappa shape index (κ1) is 28.9. The molecule has 0 heterocycles. The highest BCUT2D eigenvalue weighted by Gasteiger charge is 2.11. The van der Waals surface area contributed by atoms with Crippen LogP contribution in [0.25, 0.3) is 0 Å². The Kier molecular flexibility index (Phi) is 22.5. The lowest BCUT2D eigenvalue weighted by Gasteiger charge is -2.06. The maximum absolute atomic E-state index is 11.7. The molecule has 0 atom stereocenters. The SMILES string of the molecule is CCCCCCCCCCCCCCOS(=O)(=O)OCCCCCCCCCC. The van der Waals surface area contributed by atoms with E-state index in [1.54, 1.807) is 0 Å². The highest BCUT2D eigenvalue weighted by molar-refractivity contribution is 7.81. The van der Waals surface area contributed by atoms with Crippen molar-refractivity contribution in [3.05, 3.63) is 0 Å². The smallest absolute Gasteiger partial charge is 0.248 e. The van der Waals surface area contributed by atoms with Gasteiger partial charge in [-0.25, -0.2) is 8.37 Å². The average Bonchev–Trinajstić information content (AvgIpc) is 2.70. The van der Waals surface area contributed by atoms with Crippen molar-refractivity contribution >= 4 is 10.4 Å². The lowest BCUT2D eigenvalue weighted by Crippen LogP contribution is -2.12. The molecule has 4 nitrogen and oxygen atoms in total. The van der Waals surface area contributed by atoms with E-state index < -0.39 is 10.4 Å². The molecule has 0 bridgehead atoms. The zero-order chi connectivity index (χ0) is 21.5. The fraction of sp³-hybridized carbons (Fsp3) is 1.00. The van der Waals surface area contributed by atoms with E-state index in [-0.39, 0.29) is 13.2 Å². The molecule has 29 heavy (non-hydrogen) atoms. The Morgan fingerprint density at radius 2 is 0.655 bits per heavy atom. The Morgan fingerprint density at radius 1 is 0.414 bits per heavy atom. The second kappa shape index (κ2) is 22.6. The molecule has 0 saturated carbocycles. The zero-order valence-electron chi connectivity index (χ0n) is 19.6. The van der Waals surface area contributed by atoms with E-state index in [0.29, 0.717) is 0 Å². The minimum Gasteiger partial charge on any atom is -0.248 e. The van der Waals surface area contributed by atoms with E-state index in [1.165, 1.54) is 96.3 Å². The first-order valence-electron chi connectivity index (χ1n) is 12.7. The van der Waals surface area contributed by atoms with Gasteiger partial charge in [0.1, 0.15) is 0 Å². The molecule has 0 spiro atoms. The summed E-state index contributed by atoms with van der Waals surface area (Å²) in [6, 6.07) is 0. The highest BCUT2D eigenvalue weighted by atomic mass is 32.3. The van der Waals surface area contributed by atoms with Gasteiger partial charge in [0, 0.05) is 0 Å². The molecule has 0 radical (unpaired) electrons. The summed E-state index contributed by atoms with van der Waals surface area (Å²) >= 11 is 0. The van der Waals surface area contributed by atoms with Gasteiger partial charge in [0.2, 0.25) is 0 Å². The number of unbranched alkanes of at least 4 members (excludes halogenated alkanes) is 18. The predicted molar refractivity (Wildman–Crippen MR) is 125 cm³/mol. The van der Waals surface area contributed by atoms with Gasteiger partial charge in [0.25, 0.3) is 0 Å². The van der Waals surface area contributed by atoms with Gasteiger partial charge in [-0.05, 0) is 12.8 Å². The molecule has 0 saturated heterocycles. The van der Waals surface area contributed by atoms with Crippen LogP contribution in [0.5, 0.6) is 0 Å². The number of rotatable bonds is 24. The van der Waals surface area contributed by atoms with E-state index in [2.05, 4.69) is 13.8 Å². The van der Waals surface area contributed by atoms with E-state index in [1.807, 2.05) is 0 Å². The molecular weight excluding hydrogens is 384 g/mol. The van der Waals surface area contributed by atoms with E-state index >= 15 is 0 Å². The fourth-order valence-electron chi connectivity index (χ4n) is 3.53. The van der Waals surface area contributed by atoms with E-state index in [4.69, 9.17) is 8.37 Å². The second-order valence-electron chi connectivity index (χ2n) is 8.42. The summed E-state index contributed by atoms with van der Waals surface area (Å²) < 4.78 is 33.3. The Labute approximate surface area is 182 Å². The van der Waals surface area contributed by atoms with Crippen molar-refractivity contribution in [3.8, 4) is 0 Å². The van der Waals surface area contributed by atoms with Gasteiger partial charge in [0.15, 0.2) is 0 Å². The van der Waals surface area contributed by atoms with Crippen molar-refractivity contribution < 1.29 is 16.8 Å². The minimum absolute atomic E-state index is 0.246. The Morgan fingerprint density at radius 3 is 0.931 bits per heavy atom. The third-order valence-corrected chi connectivity index (χ3v) is 6.36. The van der Waals surface area contributed by atoms with Gasteiger partial charge >= 0.3 is 10.4 Å². The number of hydrogen-bond acceptors (Lipinski definition) is 4. The fourth-order valence-corrected chi connectivity index (χ4v) is 4.25. The summed E-state index contributed by atoms with van der Waals surface area (Å²) in [4.78, 5) is 0. The van der Waals surface area contributed by atoms with Crippen molar-refractivity contribution in [3.63, 3.8) is 0 Å². The van der Waals surface area contributed by atoms with Crippen LogP contribution in [0.4, 0.5) is 0 Å². The zero-order valence-corrected chi connectivity index (χ0v) is 20.4. The normalized spacial score (nSPS) is 11.9. The van der Waals surface area contributed by atoms with Crippen LogP contribution in [0.2, 0.25) is 0 Å². The predicted octanol–water partition coefficient (Wildman–Crippen LogP) is 8.11. The monoisotopic (exact) mass is 434 g/mol. The van der Waals surface area contributed by atoms with Crippen LogP contribution in [0.1, 0.15) is 142 Å². The van der Waals surface area contributed by atoms with Gasteiger partial charge in [-0.1, -0.05) is 129 Å². The second-order valence-corrected chi connectivity index (χ2v) is 9.70. The van der Waals surface area contributed by atoms with Crippen LogP contribution >= 0.6 is 0 Å². The molecule has 0 aromatic heterocycles. The first-order valence-corrected chi connectivity index (χ1v) is 14.0. The van der Waals surface area contributed by atoms with Crippen molar-refractivity contribution in [2.45, 2.75) is 142 Å². The summed E-state index contributed by atoms with van der Waals surface area (Å²) in [5, 5.41) is 0. The average molecular weight is 435 g/mol. The summed E-state index contributed by atoms with van der Waals surface area (Å²) in [6.07, 6.45) is 24.5. The standard InChI is InChI=1S/C24H50O4S/c1-3-5-7-9-11-13-14-15-16-18-20-22-24-28-29(25,26)27-23-21-19-17-12-10-8-6-4-2/h3-24H2,1-2H3. The van der Waals surface area contributed by atoms with Crippen molar-refractivity contribution in [2.75, 3.05) is 13.2 Å². The molecule has 0 aliphatic rings. The third kappa shape index (κ3) is 24.0. The Bertz CT molecular complexity index is 409. The third-order valence-electron chi connectivity index (χ3n) is 5.45. The van der Waals surface area contributed by atoms with Gasteiger partial charge < -0.3 is 0 Å². The van der Waals surface area contributed by atoms with Crippen LogP contribution in [-0.2, 0) is 18.8 Å². The molecule has 0 aromatic carbocycles. The first-order chi connectivity index (χ1) is 14.1. The summed E-state index contributed by atoms with van der Waals surface area (Å²) in [6.45, 7) is 4.97. The molecule has 0 fully saturated rings. The minimum atomic E-state index is -3.80. The lowest BCUT2D eigenvalue weighted by molar-refractivity contribution is 0.208. The van der Waals surface area contributed by atoms with E-state index in [9.17, 15) is 8.42 Å². The lowest BCUT2D eigenvalue weighted by atomic mass is 10.1.